The first-order chi connectivity index (χ1) is 22.8. The molecule has 15 nitrogen and oxygen atoms in total. The topological polar surface area (TPSA) is 243 Å². The summed E-state index contributed by atoms with van der Waals surface area (Å²) in [6.07, 6.45) is 1.61. The monoisotopic (exact) mass is 665 g/mol. The highest BCUT2D eigenvalue weighted by molar-refractivity contribution is 6.00. The number of piperidine rings is 1. The van der Waals surface area contributed by atoms with Crippen molar-refractivity contribution in [3.63, 3.8) is 0 Å². The van der Waals surface area contributed by atoms with Crippen LogP contribution in [0.2, 0.25) is 0 Å². The summed E-state index contributed by atoms with van der Waals surface area (Å²) in [5.41, 5.74) is 10.0. The number of rotatable bonds is 15. The molecule has 4 rings (SSSR count). The Balaban J connectivity index is 1.60. The van der Waals surface area contributed by atoms with Crippen molar-refractivity contribution in [2.24, 2.45) is 11.5 Å². The van der Waals surface area contributed by atoms with Gasteiger partial charge in [-0.2, -0.15) is 0 Å². The van der Waals surface area contributed by atoms with Crippen LogP contribution in [0.1, 0.15) is 69.8 Å². The van der Waals surface area contributed by atoms with Crippen molar-refractivity contribution in [2.75, 3.05) is 13.1 Å². The highest BCUT2D eigenvalue weighted by atomic mass is 16.4. The molecule has 48 heavy (non-hydrogen) atoms. The minimum Gasteiger partial charge on any atom is -0.481 e. The summed E-state index contributed by atoms with van der Waals surface area (Å²) in [6, 6.07) is 9.49. The van der Waals surface area contributed by atoms with Crippen LogP contribution in [0.3, 0.4) is 0 Å². The molecular weight excluding hydrogens is 622 g/mol. The third-order valence-electron chi connectivity index (χ3n) is 8.92. The molecule has 2 aliphatic rings. The summed E-state index contributed by atoms with van der Waals surface area (Å²) in [5.74, 6) is -4.68. The van der Waals surface area contributed by atoms with E-state index < -0.39 is 71.1 Å². The van der Waals surface area contributed by atoms with E-state index in [1.54, 1.807) is 0 Å². The van der Waals surface area contributed by atoms with Gasteiger partial charge in [0.2, 0.25) is 29.5 Å². The lowest BCUT2D eigenvalue weighted by Crippen LogP contribution is -2.61. The maximum absolute atomic E-state index is 14.1. The van der Waals surface area contributed by atoms with Gasteiger partial charge in [0.05, 0.1) is 0 Å². The van der Waals surface area contributed by atoms with E-state index in [2.05, 4.69) is 21.3 Å². The van der Waals surface area contributed by atoms with Crippen molar-refractivity contribution in [2.45, 2.75) is 87.9 Å². The number of urea groups is 1. The molecule has 9 N–H and O–H groups in total. The standard InChI is InChI=1S/C33H43N7O8/c1-19(41)37-25(13-14-27(42)43)30(46)40-16-5-4-10-26(40)29(45)39-33(31(47)38-24(28(34)44)9-6-15-36-32(35)48)18-23(33)22-12-11-20-7-2-3-8-21(20)17-22/h2-3,7-8,11-12,17,23-26H,4-6,9-10,13-16,18H2,1H3,(H2,34,44)(H,37,41)(H,38,47)(H,39,45)(H,42,43)(H3,35,36,48)/t23?,24-,25-,26-,33?/m0/s1. The predicted molar refractivity (Wildman–Crippen MR) is 174 cm³/mol. The lowest BCUT2D eigenvalue weighted by molar-refractivity contribution is -0.146. The molecular formula is C33H43N7O8. The molecule has 1 saturated carbocycles. The fraction of sp³-hybridized carbons (Fsp3) is 0.485. The third kappa shape index (κ3) is 8.77. The normalized spacial score (nSPS) is 21.3. The summed E-state index contributed by atoms with van der Waals surface area (Å²) in [6.45, 7) is 1.59. The minimum atomic E-state index is -1.47. The van der Waals surface area contributed by atoms with Crippen molar-refractivity contribution in [1.29, 1.82) is 0 Å². The fourth-order valence-corrected chi connectivity index (χ4v) is 6.37. The van der Waals surface area contributed by atoms with Crippen molar-refractivity contribution in [1.82, 2.24) is 26.2 Å². The number of benzene rings is 2. The number of likely N-dealkylation sites (tertiary alicyclic amines) is 1. The second-order valence-electron chi connectivity index (χ2n) is 12.4. The molecule has 7 amide bonds. The number of amides is 7. The van der Waals surface area contributed by atoms with Gasteiger partial charge in [-0.05, 0) is 61.3 Å². The molecule has 1 aliphatic carbocycles. The summed E-state index contributed by atoms with van der Waals surface area (Å²) in [7, 11) is 0. The number of carboxylic acids is 1. The zero-order valence-electron chi connectivity index (χ0n) is 26.8. The van der Waals surface area contributed by atoms with E-state index in [4.69, 9.17) is 11.5 Å². The number of nitrogens with two attached hydrogens (primary N) is 2. The molecule has 0 radical (unpaired) electrons. The van der Waals surface area contributed by atoms with Crippen LogP contribution in [0, 0.1) is 0 Å². The Labute approximate surface area is 277 Å². The van der Waals surface area contributed by atoms with E-state index in [9.17, 15) is 38.7 Å². The number of nitrogens with zero attached hydrogens (tertiary/aromatic N) is 1. The summed E-state index contributed by atoms with van der Waals surface area (Å²) >= 11 is 0. The van der Waals surface area contributed by atoms with Crippen LogP contribution in [-0.2, 0) is 28.8 Å². The van der Waals surface area contributed by atoms with E-state index in [-0.39, 0.29) is 38.8 Å². The highest BCUT2D eigenvalue weighted by Gasteiger charge is 2.62. The average molecular weight is 666 g/mol. The first kappa shape index (κ1) is 35.6. The van der Waals surface area contributed by atoms with Crippen molar-refractivity contribution < 1.29 is 38.7 Å². The quantitative estimate of drug-likeness (QED) is 0.131. The van der Waals surface area contributed by atoms with Gasteiger partial charge in [0, 0.05) is 32.4 Å². The van der Waals surface area contributed by atoms with Gasteiger partial charge < -0.3 is 42.7 Å². The number of primary amides is 2. The zero-order chi connectivity index (χ0) is 35.0. The molecule has 2 aromatic rings. The van der Waals surface area contributed by atoms with Crippen LogP contribution in [0.5, 0.6) is 0 Å². The van der Waals surface area contributed by atoms with E-state index in [0.717, 1.165) is 16.3 Å². The number of fused-ring (bicyclic) bond motifs is 1. The molecule has 15 heteroatoms. The predicted octanol–water partition coefficient (Wildman–Crippen LogP) is 0.351. The number of nitrogens with one attached hydrogen (secondary N) is 4. The van der Waals surface area contributed by atoms with Gasteiger partial charge >= 0.3 is 12.0 Å². The van der Waals surface area contributed by atoms with Gasteiger partial charge in [-0.3, -0.25) is 28.8 Å². The van der Waals surface area contributed by atoms with Crippen molar-refractivity contribution in [3.05, 3.63) is 48.0 Å². The Morgan fingerprint density at radius 2 is 1.69 bits per heavy atom. The van der Waals surface area contributed by atoms with Gasteiger partial charge in [0.1, 0.15) is 23.7 Å². The Morgan fingerprint density at radius 1 is 0.958 bits per heavy atom. The number of aliphatic carboxylic acids is 1. The van der Waals surface area contributed by atoms with Gasteiger partial charge in [-0.25, -0.2) is 4.79 Å². The molecule has 0 spiro atoms. The largest absolute Gasteiger partial charge is 0.481 e. The molecule has 258 valence electrons. The van der Waals surface area contributed by atoms with E-state index >= 15 is 0 Å². The van der Waals surface area contributed by atoms with E-state index in [1.165, 1.54) is 11.8 Å². The van der Waals surface area contributed by atoms with E-state index in [0.29, 0.717) is 25.7 Å². The lowest BCUT2D eigenvalue weighted by Gasteiger charge is -2.37. The Bertz CT molecular complexity index is 1580. The molecule has 1 heterocycles. The van der Waals surface area contributed by atoms with Gasteiger partial charge in [0.25, 0.3) is 0 Å². The number of hydrogen-bond acceptors (Lipinski definition) is 7. The Hall–Kier alpha value is -5.21. The molecule has 0 bridgehead atoms. The average Bonchev–Trinajstić information content (AvgIpc) is 3.78. The van der Waals surface area contributed by atoms with Crippen LogP contribution < -0.4 is 32.7 Å². The Kier molecular flexibility index (Phi) is 11.6. The second kappa shape index (κ2) is 15.6. The maximum Gasteiger partial charge on any atom is 0.312 e. The molecule has 1 aliphatic heterocycles. The number of carboxylic acid groups (broad SMARTS) is 1. The maximum atomic E-state index is 14.1. The smallest absolute Gasteiger partial charge is 0.312 e. The first-order valence-corrected chi connectivity index (χ1v) is 16.1. The van der Waals surface area contributed by atoms with Crippen LogP contribution in [0.15, 0.2) is 42.5 Å². The van der Waals surface area contributed by atoms with Gasteiger partial charge in [-0.15, -0.1) is 0 Å². The molecule has 2 unspecified atom stereocenters. The first-order valence-electron chi connectivity index (χ1n) is 16.1. The van der Waals surface area contributed by atoms with Gasteiger partial charge in [0.15, 0.2) is 0 Å². The number of hydrogen-bond donors (Lipinski definition) is 7. The number of carbonyl (C=O) groups is 7. The summed E-state index contributed by atoms with van der Waals surface area (Å²) < 4.78 is 0. The number of carbonyl (C=O) groups excluding carboxylic acids is 6. The highest BCUT2D eigenvalue weighted by Crippen LogP contribution is 2.52. The fourth-order valence-electron chi connectivity index (χ4n) is 6.37. The second-order valence-corrected chi connectivity index (χ2v) is 12.4. The third-order valence-corrected chi connectivity index (χ3v) is 8.92. The molecule has 5 atom stereocenters. The lowest BCUT2D eigenvalue weighted by atomic mass is 9.97. The molecule has 0 aromatic heterocycles. The Morgan fingerprint density at radius 3 is 2.35 bits per heavy atom. The molecule has 2 aromatic carbocycles. The van der Waals surface area contributed by atoms with Crippen molar-refractivity contribution >= 4 is 52.3 Å². The molecule has 1 saturated heterocycles. The van der Waals surface area contributed by atoms with Crippen molar-refractivity contribution in [3.8, 4) is 0 Å². The van der Waals surface area contributed by atoms with Crippen LogP contribution in [0.4, 0.5) is 4.79 Å². The zero-order valence-corrected chi connectivity index (χ0v) is 26.8. The van der Waals surface area contributed by atoms with Crippen LogP contribution >= 0.6 is 0 Å². The van der Waals surface area contributed by atoms with E-state index in [1.807, 2.05) is 42.5 Å². The van der Waals surface area contributed by atoms with Crippen LogP contribution in [0.25, 0.3) is 10.8 Å². The SMILES string of the molecule is CC(=O)N[C@@H](CCC(=O)O)C(=O)N1CCCC[C@H]1C(=O)NC1(C(=O)N[C@@H](CCCNC(N)=O)C(N)=O)CC1c1ccc2ccccc2c1. The molecule has 2 fully saturated rings. The van der Waals surface area contributed by atoms with Gasteiger partial charge in [-0.1, -0.05) is 42.5 Å². The minimum absolute atomic E-state index is 0.109. The summed E-state index contributed by atoms with van der Waals surface area (Å²) in [5, 5.41) is 21.7. The van der Waals surface area contributed by atoms with Crippen LogP contribution in [-0.4, -0.2) is 88.3 Å². The summed E-state index contributed by atoms with van der Waals surface area (Å²) in [4.78, 5) is 89.5.